The summed E-state index contributed by atoms with van der Waals surface area (Å²) in [6.07, 6.45) is 1.16. The number of benzene rings is 2. The normalized spacial score (nSPS) is 10.6. The highest BCUT2D eigenvalue weighted by molar-refractivity contribution is 6.09. The van der Waals surface area contributed by atoms with E-state index in [1.165, 1.54) is 20.3 Å². The Labute approximate surface area is 154 Å². The molecular formula is C18H15N3O6. The van der Waals surface area contributed by atoms with Crippen LogP contribution in [-0.2, 0) is 4.79 Å². The second kappa shape index (κ2) is 8.35. The third-order valence-corrected chi connectivity index (χ3v) is 3.50. The average Bonchev–Trinajstić information content (AvgIpc) is 2.66. The summed E-state index contributed by atoms with van der Waals surface area (Å²) in [6.45, 7) is 0. The Morgan fingerprint density at radius 3 is 2.63 bits per heavy atom. The van der Waals surface area contributed by atoms with Crippen LogP contribution in [0.25, 0.3) is 6.08 Å². The zero-order valence-corrected chi connectivity index (χ0v) is 14.4. The Morgan fingerprint density at radius 2 is 2.04 bits per heavy atom. The molecule has 2 rings (SSSR count). The molecule has 0 atom stereocenters. The van der Waals surface area contributed by atoms with Crippen molar-refractivity contribution in [3.8, 4) is 23.3 Å². The van der Waals surface area contributed by atoms with Crippen molar-refractivity contribution in [1.29, 1.82) is 5.26 Å². The average molecular weight is 369 g/mol. The number of nitriles is 1. The summed E-state index contributed by atoms with van der Waals surface area (Å²) in [5.74, 6) is -0.977. The molecule has 0 bridgehead atoms. The number of aromatic hydroxyl groups is 1. The van der Waals surface area contributed by atoms with Gasteiger partial charge < -0.3 is 19.9 Å². The molecule has 9 nitrogen and oxygen atoms in total. The first-order valence-electron chi connectivity index (χ1n) is 7.52. The van der Waals surface area contributed by atoms with Gasteiger partial charge in [0.2, 0.25) is 5.75 Å². The maximum atomic E-state index is 12.3. The van der Waals surface area contributed by atoms with Crippen LogP contribution in [0.3, 0.4) is 0 Å². The van der Waals surface area contributed by atoms with Crippen LogP contribution in [0.2, 0.25) is 0 Å². The number of methoxy groups -OCH3 is 2. The molecule has 0 fully saturated rings. The van der Waals surface area contributed by atoms with Gasteiger partial charge in [0, 0.05) is 17.8 Å². The molecule has 2 aromatic carbocycles. The lowest BCUT2D eigenvalue weighted by molar-refractivity contribution is -0.386. The van der Waals surface area contributed by atoms with Crippen LogP contribution in [0.1, 0.15) is 5.56 Å². The SMILES string of the molecule is COc1cccc(NC(=O)/C(C#N)=C/c2cc(OC)c(O)c([N+](=O)[O-])c2)c1. The highest BCUT2D eigenvalue weighted by atomic mass is 16.6. The predicted octanol–water partition coefficient (Wildman–Crippen LogP) is 2.86. The maximum Gasteiger partial charge on any atom is 0.315 e. The molecule has 2 aromatic rings. The first-order valence-corrected chi connectivity index (χ1v) is 7.52. The van der Waals surface area contributed by atoms with E-state index in [-0.39, 0.29) is 16.9 Å². The number of phenolic OH excluding ortho intramolecular Hbond substituents is 1. The summed E-state index contributed by atoms with van der Waals surface area (Å²) in [7, 11) is 2.71. The summed E-state index contributed by atoms with van der Waals surface area (Å²) >= 11 is 0. The lowest BCUT2D eigenvalue weighted by Gasteiger charge is -2.07. The van der Waals surface area contributed by atoms with Crippen LogP contribution in [0, 0.1) is 21.4 Å². The third-order valence-electron chi connectivity index (χ3n) is 3.50. The summed E-state index contributed by atoms with van der Waals surface area (Å²) in [5, 5.41) is 32.6. The largest absolute Gasteiger partial charge is 0.500 e. The Hall–Kier alpha value is -4.06. The minimum Gasteiger partial charge on any atom is -0.500 e. The van der Waals surface area contributed by atoms with Gasteiger partial charge in [0.1, 0.15) is 17.4 Å². The number of nitrogens with one attached hydrogen (secondary N) is 1. The highest BCUT2D eigenvalue weighted by Gasteiger charge is 2.20. The molecule has 0 aliphatic heterocycles. The van der Waals surface area contributed by atoms with Crippen molar-refractivity contribution in [2.75, 3.05) is 19.5 Å². The van der Waals surface area contributed by atoms with Crippen molar-refractivity contribution in [2.24, 2.45) is 0 Å². The Balaban J connectivity index is 2.37. The number of phenols is 1. The molecule has 0 heterocycles. The lowest BCUT2D eigenvalue weighted by Crippen LogP contribution is -2.13. The number of hydrogen-bond acceptors (Lipinski definition) is 7. The number of rotatable bonds is 6. The smallest absolute Gasteiger partial charge is 0.315 e. The van der Waals surface area contributed by atoms with Crippen LogP contribution >= 0.6 is 0 Å². The molecular weight excluding hydrogens is 354 g/mol. The number of hydrogen-bond donors (Lipinski definition) is 2. The predicted molar refractivity (Wildman–Crippen MR) is 96.5 cm³/mol. The van der Waals surface area contributed by atoms with Gasteiger partial charge in [0.25, 0.3) is 5.91 Å². The van der Waals surface area contributed by atoms with Gasteiger partial charge in [-0.15, -0.1) is 0 Å². The van der Waals surface area contributed by atoms with Crippen molar-refractivity contribution in [3.63, 3.8) is 0 Å². The van der Waals surface area contributed by atoms with E-state index in [4.69, 9.17) is 9.47 Å². The Kier molecular flexibility index (Phi) is 5.96. The minimum absolute atomic E-state index is 0.147. The number of nitro groups is 1. The summed E-state index contributed by atoms with van der Waals surface area (Å²) in [5.41, 5.74) is -0.339. The van der Waals surface area contributed by atoms with Gasteiger partial charge in [-0.3, -0.25) is 14.9 Å². The van der Waals surface area contributed by atoms with E-state index >= 15 is 0 Å². The van der Waals surface area contributed by atoms with Crippen molar-refractivity contribution in [1.82, 2.24) is 0 Å². The van der Waals surface area contributed by atoms with E-state index < -0.39 is 22.3 Å². The number of nitrogens with zero attached hydrogens (tertiary/aromatic N) is 2. The monoisotopic (exact) mass is 369 g/mol. The van der Waals surface area contributed by atoms with Gasteiger partial charge in [-0.2, -0.15) is 5.26 Å². The molecule has 2 N–H and O–H groups in total. The lowest BCUT2D eigenvalue weighted by atomic mass is 10.1. The second-order valence-corrected chi connectivity index (χ2v) is 5.20. The number of nitro benzene ring substituents is 1. The van der Waals surface area contributed by atoms with E-state index in [2.05, 4.69) is 5.32 Å². The molecule has 1 amide bonds. The molecule has 0 spiro atoms. The van der Waals surface area contributed by atoms with E-state index in [9.17, 15) is 25.3 Å². The van der Waals surface area contributed by atoms with E-state index in [1.807, 2.05) is 0 Å². The Morgan fingerprint density at radius 1 is 1.30 bits per heavy atom. The van der Waals surface area contributed by atoms with Crippen molar-refractivity contribution >= 4 is 23.4 Å². The van der Waals surface area contributed by atoms with Crippen LogP contribution in [0.5, 0.6) is 17.2 Å². The number of ether oxygens (including phenoxy) is 2. The molecule has 0 aliphatic carbocycles. The van der Waals surface area contributed by atoms with Crippen LogP contribution in [-0.4, -0.2) is 30.2 Å². The van der Waals surface area contributed by atoms with Crippen LogP contribution in [0.4, 0.5) is 11.4 Å². The van der Waals surface area contributed by atoms with Gasteiger partial charge in [0.05, 0.1) is 19.1 Å². The van der Waals surface area contributed by atoms with E-state index in [0.29, 0.717) is 11.4 Å². The molecule has 0 saturated heterocycles. The zero-order chi connectivity index (χ0) is 20.0. The van der Waals surface area contributed by atoms with Gasteiger partial charge in [-0.05, 0) is 29.8 Å². The van der Waals surface area contributed by atoms with Gasteiger partial charge in [-0.25, -0.2) is 0 Å². The Bertz CT molecular complexity index is 962. The van der Waals surface area contributed by atoms with E-state index in [1.54, 1.807) is 30.3 Å². The molecule has 0 aliphatic rings. The number of anilines is 1. The van der Waals surface area contributed by atoms with E-state index in [0.717, 1.165) is 12.1 Å². The third kappa shape index (κ3) is 4.52. The quantitative estimate of drug-likeness (QED) is 0.346. The van der Waals surface area contributed by atoms with Crippen molar-refractivity contribution < 1.29 is 24.3 Å². The molecule has 0 aromatic heterocycles. The number of carbonyl (C=O) groups excluding carboxylic acids is 1. The first kappa shape index (κ1) is 19.3. The van der Waals surface area contributed by atoms with Crippen LogP contribution < -0.4 is 14.8 Å². The summed E-state index contributed by atoms with van der Waals surface area (Å²) < 4.78 is 9.95. The fourth-order valence-electron chi connectivity index (χ4n) is 2.21. The van der Waals surface area contributed by atoms with Crippen molar-refractivity contribution in [3.05, 3.63) is 57.6 Å². The molecule has 0 unspecified atom stereocenters. The molecule has 9 heteroatoms. The van der Waals surface area contributed by atoms with Gasteiger partial charge in [0.15, 0.2) is 5.75 Å². The fraction of sp³-hybridized carbons (Fsp3) is 0.111. The number of carbonyl (C=O) groups is 1. The van der Waals surface area contributed by atoms with Gasteiger partial charge >= 0.3 is 5.69 Å². The topological polar surface area (TPSA) is 135 Å². The summed E-state index contributed by atoms with van der Waals surface area (Å²) in [4.78, 5) is 22.6. The van der Waals surface area contributed by atoms with Crippen LogP contribution in [0.15, 0.2) is 42.0 Å². The standard InChI is InChI=1S/C18H15N3O6/c1-26-14-5-3-4-13(9-14)20-18(23)12(10-19)6-11-7-15(21(24)25)17(22)16(8-11)27-2/h3-9,22H,1-2H3,(H,20,23)/b12-6+. The van der Waals surface area contributed by atoms with Gasteiger partial charge in [-0.1, -0.05) is 6.07 Å². The maximum absolute atomic E-state index is 12.3. The zero-order valence-electron chi connectivity index (χ0n) is 14.4. The number of amides is 1. The fourth-order valence-corrected chi connectivity index (χ4v) is 2.21. The van der Waals surface area contributed by atoms with Crippen molar-refractivity contribution in [2.45, 2.75) is 0 Å². The minimum atomic E-state index is -0.794. The molecule has 0 saturated carbocycles. The molecule has 0 radical (unpaired) electrons. The first-order chi connectivity index (χ1) is 12.9. The molecule has 27 heavy (non-hydrogen) atoms. The molecule has 138 valence electrons. The highest BCUT2D eigenvalue weighted by Crippen LogP contribution is 2.37. The summed E-state index contributed by atoms with van der Waals surface area (Å²) in [6, 6.07) is 10.6. The second-order valence-electron chi connectivity index (χ2n) is 5.20.